The number of nitrogens with one attached hydrogen (secondary N) is 2. The molecule has 6 rings (SSSR count). The molecule has 41 heavy (non-hydrogen) atoms. The van der Waals surface area contributed by atoms with E-state index in [2.05, 4.69) is 27.0 Å². The number of piperidine rings is 2. The van der Waals surface area contributed by atoms with Crippen molar-refractivity contribution in [3.63, 3.8) is 0 Å². The topological polar surface area (TPSA) is 103 Å². The number of aliphatic hydroxyl groups excluding tert-OH is 1. The van der Waals surface area contributed by atoms with E-state index in [9.17, 15) is 14.3 Å². The molecule has 2 fully saturated rings. The number of ether oxygens (including phenoxy) is 2. The van der Waals surface area contributed by atoms with Gasteiger partial charge in [0.05, 0.1) is 17.9 Å². The molecule has 0 spiro atoms. The maximum absolute atomic E-state index is 13.5. The first-order valence-corrected chi connectivity index (χ1v) is 14.4. The Bertz CT molecular complexity index is 1490. The van der Waals surface area contributed by atoms with Crippen molar-refractivity contribution in [3.05, 3.63) is 60.1 Å². The van der Waals surface area contributed by atoms with E-state index in [0.29, 0.717) is 23.1 Å². The molecule has 3 N–H and O–H groups in total. The van der Waals surface area contributed by atoms with E-state index in [4.69, 9.17) is 13.9 Å². The van der Waals surface area contributed by atoms with E-state index in [-0.39, 0.29) is 24.6 Å². The molecule has 0 saturated carbocycles. The SMILES string of the molecule is C[C@H]1CN(CCN2CCC(NC(=O)Oc3cc4c(OCc5coc6cc(F)ccc56)cccc4[nH]3)CC2)CC[C@@H]1O. The Balaban J connectivity index is 0.981. The number of aromatic nitrogens is 1. The van der Waals surface area contributed by atoms with E-state index >= 15 is 0 Å². The van der Waals surface area contributed by atoms with Crippen molar-refractivity contribution in [1.29, 1.82) is 0 Å². The van der Waals surface area contributed by atoms with Crippen LogP contribution < -0.4 is 14.8 Å². The van der Waals surface area contributed by atoms with Crippen LogP contribution >= 0.6 is 0 Å². The monoisotopic (exact) mass is 564 g/mol. The Hall–Kier alpha value is -3.60. The van der Waals surface area contributed by atoms with Gasteiger partial charge in [-0.15, -0.1) is 0 Å². The predicted octanol–water partition coefficient (Wildman–Crippen LogP) is 4.89. The number of furan rings is 1. The lowest BCUT2D eigenvalue weighted by molar-refractivity contribution is 0.0302. The Kier molecular flexibility index (Phi) is 8.13. The number of carbonyl (C=O) groups excluding carboxylic acids is 1. The number of H-pyrrole nitrogens is 1. The number of aliphatic hydroxyl groups is 1. The van der Waals surface area contributed by atoms with Crippen molar-refractivity contribution in [2.75, 3.05) is 39.3 Å². The summed E-state index contributed by atoms with van der Waals surface area (Å²) in [7, 11) is 0. The van der Waals surface area contributed by atoms with Gasteiger partial charge in [0.2, 0.25) is 5.88 Å². The molecule has 0 aliphatic carbocycles. The zero-order valence-corrected chi connectivity index (χ0v) is 23.3. The van der Waals surface area contributed by atoms with E-state index in [1.54, 1.807) is 18.4 Å². The number of halogens is 1. The first-order chi connectivity index (χ1) is 19.9. The Morgan fingerprint density at radius 1 is 1.10 bits per heavy atom. The van der Waals surface area contributed by atoms with E-state index < -0.39 is 6.09 Å². The summed E-state index contributed by atoms with van der Waals surface area (Å²) in [6, 6.07) is 11.9. The van der Waals surface area contributed by atoms with Gasteiger partial charge in [0, 0.05) is 73.8 Å². The second-order valence-corrected chi connectivity index (χ2v) is 11.3. The minimum Gasteiger partial charge on any atom is -0.488 e. The number of hydrogen-bond donors (Lipinski definition) is 3. The predicted molar refractivity (Wildman–Crippen MR) is 154 cm³/mol. The average molecular weight is 565 g/mol. The van der Waals surface area contributed by atoms with Crippen LogP contribution in [0.5, 0.6) is 11.6 Å². The number of likely N-dealkylation sites (tertiary alicyclic amines) is 2. The number of fused-ring (bicyclic) bond motifs is 2. The van der Waals surface area contributed by atoms with Gasteiger partial charge in [-0.1, -0.05) is 13.0 Å². The Labute approximate surface area is 238 Å². The number of amides is 1. The van der Waals surface area contributed by atoms with Crippen molar-refractivity contribution in [3.8, 4) is 11.6 Å². The lowest BCUT2D eigenvalue weighted by Gasteiger charge is -2.37. The zero-order valence-electron chi connectivity index (χ0n) is 23.3. The van der Waals surface area contributed by atoms with Gasteiger partial charge >= 0.3 is 6.09 Å². The molecule has 1 amide bonds. The number of carbonyl (C=O) groups is 1. The van der Waals surface area contributed by atoms with Crippen LogP contribution in [0, 0.1) is 11.7 Å². The van der Waals surface area contributed by atoms with Gasteiger partial charge in [-0.05, 0) is 49.4 Å². The van der Waals surface area contributed by atoms with Gasteiger partial charge in [0.1, 0.15) is 23.8 Å². The van der Waals surface area contributed by atoms with Crippen LogP contribution in [0.2, 0.25) is 0 Å². The van der Waals surface area contributed by atoms with Crippen molar-refractivity contribution >= 4 is 28.0 Å². The molecule has 0 unspecified atom stereocenters. The van der Waals surface area contributed by atoms with Gasteiger partial charge in [0.15, 0.2) is 0 Å². The molecule has 2 aliphatic rings. The molecule has 2 saturated heterocycles. The normalized spacial score (nSPS) is 21.0. The largest absolute Gasteiger partial charge is 0.488 e. The number of rotatable bonds is 8. The van der Waals surface area contributed by atoms with Crippen molar-refractivity contribution in [1.82, 2.24) is 20.1 Å². The second-order valence-electron chi connectivity index (χ2n) is 11.3. The highest BCUT2D eigenvalue weighted by Gasteiger charge is 2.26. The quantitative estimate of drug-likeness (QED) is 0.280. The van der Waals surface area contributed by atoms with E-state index in [1.165, 1.54) is 12.1 Å². The molecule has 4 aromatic rings. The first kappa shape index (κ1) is 27.6. The minimum absolute atomic E-state index is 0.0745. The van der Waals surface area contributed by atoms with Crippen LogP contribution in [0.25, 0.3) is 21.9 Å². The summed E-state index contributed by atoms with van der Waals surface area (Å²) in [6.07, 6.45) is 3.54. The third-order valence-electron chi connectivity index (χ3n) is 8.39. The van der Waals surface area contributed by atoms with Crippen LogP contribution in [0.1, 0.15) is 31.7 Å². The summed E-state index contributed by atoms with van der Waals surface area (Å²) >= 11 is 0. The second kappa shape index (κ2) is 12.1. The minimum atomic E-state index is -0.476. The first-order valence-electron chi connectivity index (χ1n) is 14.4. The lowest BCUT2D eigenvalue weighted by atomic mass is 9.97. The van der Waals surface area contributed by atoms with Crippen LogP contribution in [-0.4, -0.2) is 77.4 Å². The lowest BCUT2D eigenvalue weighted by Crippen LogP contribution is -2.48. The summed E-state index contributed by atoms with van der Waals surface area (Å²) in [5.74, 6) is 0.959. The molecule has 0 bridgehead atoms. The number of aromatic amines is 1. The molecular formula is C31H37FN4O5. The van der Waals surface area contributed by atoms with Crippen LogP contribution in [0.15, 0.2) is 53.1 Å². The highest BCUT2D eigenvalue weighted by Crippen LogP contribution is 2.31. The molecule has 2 aromatic carbocycles. The molecule has 2 aliphatic heterocycles. The maximum atomic E-state index is 13.5. The Morgan fingerprint density at radius 3 is 2.73 bits per heavy atom. The zero-order chi connectivity index (χ0) is 28.3. The Morgan fingerprint density at radius 2 is 1.90 bits per heavy atom. The van der Waals surface area contributed by atoms with Gasteiger partial charge in [0.25, 0.3) is 0 Å². The van der Waals surface area contributed by atoms with E-state index in [0.717, 1.165) is 80.4 Å². The van der Waals surface area contributed by atoms with Gasteiger partial charge in [-0.3, -0.25) is 0 Å². The fourth-order valence-corrected chi connectivity index (χ4v) is 5.91. The summed E-state index contributed by atoms with van der Waals surface area (Å²) in [5, 5.41) is 14.6. The van der Waals surface area contributed by atoms with Gasteiger partial charge in [-0.2, -0.15) is 0 Å². The summed E-state index contributed by atoms with van der Waals surface area (Å²) < 4.78 is 30.6. The molecule has 2 aromatic heterocycles. The van der Waals surface area contributed by atoms with E-state index in [1.807, 2.05) is 18.2 Å². The van der Waals surface area contributed by atoms with Crippen molar-refractivity contribution in [2.24, 2.45) is 5.92 Å². The molecule has 10 heteroatoms. The van der Waals surface area contributed by atoms with Crippen molar-refractivity contribution < 1.29 is 28.2 Å². The van der Waals surface area contributed by atoms with Gasteiger partial charge < -0.3 is 39.1 Å². The molecule has 0 radical (unpaired) electrons. The highest BCUT2D eigenvalue weighted by atomic mass is 19.1. The summed E-state index contributed by atoms with van der Waals surface area (Å²) in [6.45, 7) is 8.17. The third-order valence-corrected chi connectivity index (χ3v) is 8.39. The molecule has 218 valence electrons. The van der Waals surface area contributed by atoms with Crippen LogP contribution in [0.3, 0.4) is 0 Å². The van der Waals surface area contributed by atoms with Crippen molar-refractivity contribution in [2.45, 2.75) is 44.9 Å². The summed E-state index contributed by atoms with van der Waals surface area (Å²) in [4.78, 5) is 20.7. The highest BCUT2D eigenvalue weighted by molar-refractivity contribution is 5.88. The van der Waals surface area contributed by atoms with Crippen LogP contribution in [-0.2, 0) is 6.61 Å². The third kappa shape index (κ3) is 6.50. The smallest absolute Gasteiger partial charge is 0.414 e. The molecule has 9 nitrogen and oxygen atoms in total. The maximum Gasteiger partial charge on any atom is 0.414 e. The summed E-state index contributed by atoms with van der Waals surface area (Å²) in [5.41, 5.74) is 2.08. The molecular weight excluding hydrogens is 527 g/mol. The fourth-order valence-electron chi connectivity index (χ4n) is 5.91. The average Bonchev–Trinajstić information content (AvgIpc) is 3.56. The van der Waals surface area contributed by atoms with Crippen LogP contribution in [0.4, 0.5) is 9.18 Å². The standard InChI is InChI=1S/C31H37FN4O5/c1-20-17-36(12-9-27(20)37)14-13-35-10-7-23(8-11-35)33-31(38)41-30-16-25-26(34-30)3-2-4-28(25)39-18-21-19-40-29-15-22(32)5-6-24(21)29/h2-6,15-16,19-20,23,27,34,37H,7-14,17-18H2,1H3,(H,33,38)/t20-,27-/m0/s1. The number of nitrogens with zero attached hydrogens (tertiary/aromatic N) is 2. The fraction of sp³-hybridized carbons (Fsp3) is 0.452. The van der Waals surface area contributed by atoms with Gasteiger partial charge in [-0.25, -0.2) is 9.18 Å². The number of benzene rings is 2. The molecule has 2 atom stereocenters. The molecule has 4 heterocycles. The number of hydrogen-bond acceptors (Lipinski definition) is 7.